The van der Waals surface area contributed by atoms with Gasteiger partial charge < -0.3 is 10.2 Å². The third-order valence-electron chi connectivity index (χ3n) is 6.49. The Morgan fingerprint density at radius 3 is 2.21 bits per heavy atom. The molecule has 0 fully saturated rings. The van der Waals surface area contributed by atoms with Gasteiger partial charge in [0.05, 0.1) is 5.56 Å². The largest absolute Gasteiger partial charge is 0.352 e. The van der Waals surface area contributed by atoms with Gasteiger partial charge in [-0.25, -0.2) is 12.7 Å². The Hall–Kier alpha value is -3.98. The van der Waals surface area contributed by atoms with Gasteiger partial charge in [0, 0.05) is 19.0 Å². The molecule has 1 N–H and O–H groups in total. The summed E-state index contributed by atoms with van der Waals surface area (Å²) in [5, 5.41) is 2.90. The molecule has 0 saturated heterocycles. The lowest BCUT2D eigenvalue weighted by atomic mass is 10.0. The van der Waals surface area contributed by atoms with Gasteiger partial charge in [-0.15, -0.1) is 0 Å². The molecule has 3 aromatic rings. The second-order valence-electron chi connectivity index (χ2n) is 9.63. The number of hydrogen-bond acceptors (Lipinski definition) is 5. The Morgan fingerprint density at radius 1 is 0.921 bits per heavy atom. The minimum absolute atomic E-state index is 0.0316. The summed E-state index contributed by atoms with van der Waals surface area (Å²) in [6, 6.07) is 21.6. The molecule has 0 bridgehead atoms. The molecular weight excluding hydrogens is 502 g/mol. The van der Waals surface area contributed by atoms with Crippen molar-refractivity contribution in [1.82, 2.24) is 14.5 Å². The third-order valence-corrected chi connectivity index (χ3v) is 8.28. The van der Waals surface area contributed by atoms with Crippen LogP contribution in [0, 0.1) is 6.92 Å². The van der Waals surface area contributed by atoms with E-state index in [2.05, 4.69) is 5.32 Å². The molecular formula is C29H31N3O5S. The first-order chi connectivity index (χ1) is 18.1. The van der Waals surface area contributed by atoms with Crippen molar-refractivity contribution in [2.45, 2.75) is 50.7 Å². The first-order valence-corrected chi connectivity index (χ1v) is 13.9. The van der Waals surface area contributed by atoms with E-state index >= 15 is 0 Å². The van der Waals surface area contributed by atoms with Crippen molar-refractivity contribution < 1.29 is 22.8 Å². The van der Waals surface area contributed by atoms with Crippen LogP contribution in [-0.2, 0) is 32.6 Å². The number of carbonyl (C=O) groups is 3. The molecule has 38 heavy (non-hydrogen) atoms. The van der Waals surface area contributed by atoms with Crippen LogP contribution < -0.4 is 5.32 Å². The number of fused-ring (bicyclic) bond motifs is 1. The van der Waals surface area contributed by atoms with Crippen LogP contribution in [0.25, 0.3) is 0 Å². The topological polar surface area (TPSA) is 104 Å². The first-order valence-electron chi connectivity index (χ1n) is 12.4. The van der Waals surface area contributed by atoms with Gasteiger partial charge in [0.1, 0.15) is 17.5 Å². The van der Waals surface area contributed by atoms with Gasteiger partial charge in [0.15, 0.2) is 0 Å². The molecule has 4 rings (SSSR count). The monoisotopic (exact) mass is 533 g/mol. The standard InChI is InChI=1S/C29H31N3O5S/c1-20(2)30-28(34)25(17-22-12-5-4-6-13-22)31(18-23-14-8-7-11-21(23)3)27(33)19-32-29(35)24-15-9-10-16-26(24)38(32,36)37/h4-16,20,25H,17-19H2,1-3H3,(H,30,34)/t25-/m1/s1. The Kier molecular flexibility index (Phi) is 7.97. The molecule has 0 unspecified atom stereocenters. The summed E-state index contributed by atoms with van der Waals surface area (Å²) in [7, 11) is -4.19. The lowest BCUT2D eigenvalue weighted by Gasteiger charge is -2.33. The SMILES string of the molecule is Cc1ccccc1CN(C(=O)CN1C(=O)c2ccccc2S1(=O)=O)[C@H](Cc1ccccc1)C(=O)NC(C)C. The lowest BCUT2D eigenvalue weighted by molar-refractivity contribution is -0.141. The number of amides is 3. The number of hydrogen-bond donors (Lipinski definition) is 1. The van der Waals surface area contributed by atoms with E-state index in [0.717, 1.165) is 16.7 Å². The van der Waals surface area contributed by atoms with Crippen LogP contribution in [-0.4, -0.2) is 54.0 Å². The van der Waals surface area contributed by atoms with Crippen molar-refractivity contribution in [3.8, 4) is 0 Å². The van der Waals surface area contributed by atoms with Gasteiger partial charge in [-0.05, 0) is 49.6 Å². The first kappa shape index (κ1) is 27.1. The number of nitrogens with one attached hydrogen (secondary N) is 1. The number of sulfonamides is 1. The number of carbonyl (C=O) groups excluding carboxylic acids is 3. The van der Waals surface area contributed by atoms with Crippen molar-refractivity contribution in [3.63, 3.8) is 0 Å². The fourth-order valence-corrected chi connectivity index (χ4v) is 6.02. The van der Waals surface area contributed by atoms with Crippen molar-refractivity contribution >= 4 is 27.7 Å². The van der Waals surface area contributed by atoms with Gasteiger partial charge in [0.2, 0.25) is 11.8 Å². The van der Waals surface area contributed by atoms with Gasteiger partial charge in [-0.3, -0.25) is 14.4 Å². The van der Waals surface area contributed by atoms with E-state index in [9.17, 15) is 22.8 Å². The van der Waals surface area contributed by atoms with Crippen LogP contribution in [0.4, 0.5) is 0 Å². The van der Waals surface area contributed by atoms with Crippen LogP contribution in [0.5, 0.6) is 0 Å². The average molecular weight is 534 g/mol. The predicted molar refractivity (Wildman–Crippen MR) is 144 cm³/mol. The zero-order valence-corrected chi connectivity index (χ0v) is 22.4. The third kappa shape index (κ3) is 5.62. The van der Waals surface area contributed by atoms with Crippen molar-refractivity contribution in [3.05, 3.63) is 101 Å². The lowest BCUT2D eigenvalue weighted by Crippen LogP contribution is -2.54. The highest BCUT2D eigenvalue weighted by molar-refractivity contribution is 7.90. The zero-order chi connectivity index (χ0) is 27.4. The molecule has 0 saturated carbocycles. The van der Waals surface area contributed by atoms with Crippen LogP contribution in [0.1, 0.15) is 40.9 Å². The predicted octanol–water partition coefficient (Wildman–Crippen LogP) is 3.30. The second-order valence-corrected chi connectivity index (χ2v) is 11.5. The highest BCUT2D eigenvalue weighted by Crippen LogP contribution is 2.30. The molecule has 3 amide bonds. The summed E-state index contributed by atoms with van der Waals surface area (Å²) in [6.07, 6.45) is 0.220. The fourth-order valence-electron chi connectivity index (χ4n) is 4.51. The maximum atomic E-state index is 13.9. The highest BCUT2D eigenvalue weighted by atomic mass is 32.2. The normalized spacial score (nSPS) is 14.7. The van der Waals surface area contributed by atoms with E-state index in [1.165, 1.54) is 23.1 Å². The average Bonchev–Trinajstić information content (AvgIpc) is 3.08. The summed E-state index contributed by atoms with van der Waals surface area (Å²) in [5.41, 5.74) is 2.61. The number of aryl methyl sites for hydroxylation is 1. The molecule has 3 aromatic carbocycles. The minimum atomic E-state index is -4.19. The van der Waals surface area contributed by atoms with Crippen LogP contribution in [0.15, 0.2) is 83.8 Å². The molecule has 0 aliphatic carbocycles. The summed E-state index contributed by atoms with van der Waals surface area (Å²) in [4.78, 5) is 41.7. The Bertz CT molecular complexity index is 1450. The fraction of sp³-hybridized carbons (Fsp3) is 0.276. The van der Waals surface area contributed by atoms with Crippen molar-refractivity contribution in [1.29, 1.82) is 0 Å². The Morgan fingerprint density at radius 2 is 1.55 bits per heavy atom. The molecule has 1 atom stereocenters. The van der Waals surface area contributed by atoms with Gasteiger partial charge >= 0.3 is 0 Å². The molecule has 1 aliphatic heterocycles. The van der Waals surface area contributed by atoms with Crippen LogP contribution in [0.3, 0.4) is 0 Å². The molecule has 1 aliphatic rings. The number of benzene rings is 3. The maximum absolute atomic E-state index is 13.9. The summed E-state index contributed by atoms with van der Waals surface area (Å²) >= 11 is 0. The van der Waals surface area contributed by atoms with E-state index in [-0.39, 0.29) is 35.4 Å². The van der Waals surface area contributed by atoms with Crippen molar-refractivity contribution in [2.75, 3.05) is 6.54 Å². The van der Waals surface area contributed by atoms with Gasteiger partial charge in [-0.2, -0.15) is 0 Å². The second kappa shape index (κ2) is 11.2. The molecule has 1 heterocycles. The molecule has 8 nitrogen and oxygen atoms in total. The van der Waals surface area contributed by atoms with Gasteiger partial charge in [0.25, 0.3) is 15.9 Å². The number of nitrogens with zero attached hydrogens (tertiary/aromatic N) is 2. The van der Waals surface area contributed by atoms with Crippen molar-refractivity contribution in [2.24, 2.45) is 0 Å². The van der Waals surface area contributed by atoms with E-state index in [4.69, 9.17) is 0 Å². The number of rotatable bonds is 9. The van der Waals surface area contributed by atoms with E-state index in [1.54, 1.807) is 6.07 Å². The molecule has 0 radical (unpaired) electrons. The smallest absolute Gasteiger partial charge is 0.269 e. The quantitative estimate of drug-likeness (QED) is 0.455. The minimum Gasteiger partial charge on any atom is -0.352 e. The maximum Gasteiger partial charge on any atom is 0.269 e. The van der Waals surface area contributed by atoms with E-state index in [1.807, 2.05) is 75.4 Å². The molecule has 9 heteroatoms. The Labute approximate surface area is 223 Å². The van der Waals surface area contributed by atoms with E-state index < -0.39 is 34.4 Å². The zero-order valence-electron chi connectivity index (χ0n) is 21.6. The molecule has 198 valence electrons. The van der Waals surface area contributed by atoms with Crippen LogP contribution >= 0.6 is 0 Å². The molecule has 0 spiro atoms. The highest BCUT2D eigenvalue weighted by Gasteiger charge is 2.43. The Balaban J connectivity index is 1.73. The van der Waals surface area contributed by atoms with Gasteiger partial charge in [-0.1, -0.05) is 66.7 Å². The molecule has 0 aromatic heterocycles. The van der Waals surface area contributed by atoms with E-state index in [0.29, 0.717) is 4.31 Å². The van der Waals surface area contributed by atoms with Crippen LogP contribution in [0.2, 0.25) is 0 Å². The summed E-state index contributed by atoms with van der Waals surface area (Å²) < 4.78 is 26.9. The summed E-state index contributed by atoms with van der Waals surface area (Å²) in [6.45, 7) is 4.93. The summed E-state index contributed by atoms with van der Waals surface area (Å²) in [5.74, 6) is -1.75.